The minimum absolute atomic E-state index is 0.103. The number of nitrogens with zero attached hydrogens (tertiary/aromatic N) is 3. The zero-order valence-corrected chi connectivity index (χ0v) is 17.2. The van der Waals surface area contributed by atoms with Gasteiger partial charge in [0.25, 0.3) is 10.0 Å². The average molecular weight is 413 g/mol. The third kappa shape index (κ3) is 4.32. The molecule has 2 aromatic carbocycles. The number of carbonyl (C=O) groups is 1. The van der Waals surface area contributed by atoms with Gasteiger partial charge in [-0.25, -0.2) is 13.4 Å². The molecule has 0 aliphatic rings. The first kappa shape index (κ1) is 20.6. The molecule has 0 aliphatic heterocycles. The van der Waals surface area contributed by atoms with Crippen LogP contribution in [0.5, 0.6) is 5.88 Å². The third-order valence-corrected chi connectivity index (χ3v) is 6.57. The Labute approximate surface area is 170 Å². The van der Waals surface area contributed by atoms with Gasteiger partial charge in [-0.3, -0.25) is 9.10 Å². The number of anilines is 1. The predicted molar refractivity (Wildman–Crippen MR) is 113 cm³/mol. The lowest BCUT2D eigenvalue weighted by atomic mass is 10.1. The van der Waals surface area contributed by atoms with Crippen LogP contribution in [0.2, 0.25) is 0 Å². The highest BCUT2D eigenvalue weighted by Crippen LogP contribution is 2.29. The van der Waals surface area contributed by atoms with Crippen molar-refractivity contribution in [1.82, 2.24) is 9.88 Å². The summed E-state index contributed by atoms with van der Waals surface area (Å²) in [6, 6.07) is 15.8. The Balaban J connectivity index is 2.08. The molecule has 1 amide bonds. The SMILES string of the molecule is CCN(C=O)CCN(c1ccc(OC)nc1)S(=O)(=O)c1cccc2ccccc12. The third-order valence-electron chi connectivity index (χ3n) is 4.68. The molecule has 0 bridgehead atoms. The first-order chi connectivity index (χ1) is 14.0. The van der Waals surface area contributed by atoms with E-state index in [0.29, 0.717) is 23.5 Å². The van der Waals surface area contributed by atoms with Gasteiger partial charge < -0.3 is 9.64 Å². The predicted octanol–water partition coefficient (Wildman–Crippen LogP) is 2.92. The highest BCUT2D eigenvalue weighted by molar-refractivity contribution is 7.93. The van der Waals surface area contributed by atoms with Crippen molar-refractivity contribution in [3.63, 3.8) is 0 Å². The van der Waals surface area contributed by atoms with Gasteiger partial charge in [-0.15, -0.1) is 0 Å². The smallest absolute Gasteiger partial charge is 0.265 e. The lowest BCUT2D eigenvalue weighted by Crippen LogP contribution is -2.38. The number of hydrogen-bond donors (Lipinski definition) is 0. The zero-order chi connectivity index (χ0) is 20.9. The van der Waals surface area contributed by atoms with Crippen LogP contribution in [0.25, 0.3) is 10.8 Å². The molecule has 0 spiro atoms. The Morgan fingerprint density at radius 1 is 1.03 bits per heavy atom. The number of hydrogen-bond acceptors (Lipinski definition) is 5. The number of rotatable bonds is 9. The number of carbonyl (C=O) groups excluding carboxylic acids is 1. The molecule has 1 heterocycles. The second-order valence-corrected chi connectivity index (χ2v) is 8.18. The van der Waals surface area contributed by atoms with Gasteiger partial charge in [-0.1, -0.05) is 36.4 Å². The number of aromatic nitrogens is 1. The Morgan fingerprint density at radius 3 is 2.45 bits per heavy atom. The fourth-order valence-electron chi connectivity index (χ4n) is 3.07. The van der Waals surface area contributed by atoms with E-state index in [1.807, 2.05) is 31.2 Å². The van der Waals surface area contributed by atoms with Crippen LogP contribution >= 0.6 is 0 Å². The molecule has 8 heteroatoms. The van der Waals surface area contributed by atoms with E-state index in [9.17, 15) is 13.2 Å². The number of likely N-dealkylation sites (N-methyl/N-ethyl adjacent to an activating group) is 1. The topological polar surface area (TPSA) is 79.8 Å². The molecule has 1 aromatic heterocycles. The van der Waals surface area contributed by atoms with Crippen LogP contribution in [0.15, 0.2) is 65.7 Å². The first-order valence-corrected chi connectivity index (χ1v) is 10.6. The summed E-state index contributed by atoms with van der Waals surface area (Å²) in [5.41, 5.74) is 0.403. The van der Waals surface area contributed by atoms with Crippen LogP contribution in [0.3, 0.4) is 0 Å². The maximum Gasteiger partial charge on any atom is 0.265 e. The van der Waals surface area contributed by atoms with Gasteiger partial charge in [0.2, 0.25) is 12.3 Å². The summed E-state index contributed by atoms with van der Waals surface area (Å²) in [6.07, 6.45) is 2.17. The normalized spacial score (nSPS) is 11.2. The van der Waals surface area contributed by atoms with E-state index in [2.05, 4.69) is 4.98 Å². The Bertz CT molecular complexity index is 1080. The minimum atomic E-state index is -3.90. The van der Waals surface area contributed by atoms with Crippen LogP contribution in [-0.2, 0) is 14.8 Å². The van der Waals surface area contributed by atoms with Crippen molar-refractivity contribution in [2.24, 2.45) is 0 Å². The number of pyridine rings is 1. The van der Waals surface area contributed by atoms with Crippen molar-refractivity contribution >= 4 is 32.9 Å². The van der Waals surface area contributed by atoms with Crippen LogP contribution in [0.1, 0.15) is 6.92 Å². The highest BCUT2D eigenvalue weighted by atomic mass is 32.2. The Hall–Kier alpha value is -3.13. The lowest BCUT2D eigenvalue weighted by Gasteiger charge is -2.27. The molecule has 7 nitrogen and oxygen atoms in total. The highest BCUT2D eigenvalue weighted by Gasteiger charge is 2.27. The molecule has 0 saturated heterocycles. The van der Waals surface area contributed by atoms with Gasteiger partial charge in [0, 0.05) is 24.5 Å². The van der Waals surface area contributed by atoms with E-state index in [-0.39, 0.29) is 18.0 Å². The zero-order valence-electron chi connectivity index (χ0n) is 16.4. The fraction of sp³-hybridized carbons (Fsp3) is 0.238. The molecule has 152 valence electrons. The van der Waals surface area contributed by atoms with Gasteiger partial charge in [-0.2, -0.15) is 0 Å². The van der Waals surface area contributed by atoms with E-state index < -0.39 is 10.0 Å². The fourth-order valence-corrected chi connectivity index (χ4v) is 4.73. The van der Waals surface area contributed by atoms with Gasteiger partial charge in [0.15, 0.2) is 0 Å². The van der Waals surface area contributed by atoms with E-state index in [1.165, 1.54) is 22.5 Å². The summed E-state index contributed by atoms with van der Waals surface area (Å²) in [5.74, 6) is 0.388. The number of benzene rings is 2. The maximum atomic E-state index is 13.7. The number of methoxy groups -OCH3 is 1. The monoisotopic (exact) mass is 413 g/mol. The van der Waals surface area contributed by atoms with Crippen LogP contribution < -0.4 is 9.04 Å². The molecule has 3 aromatic rings. The molecular formula is C21H23N3O4S. The lowest BCUT2D eigenvalue weighted by molar-refractivity contribution is -0.117. The molecular weight excluding hydrogens is 390 g/mol. The number of fused-ring (bicyclic) bond motifs is 1. The molecule has 0 saturated carbocycles. The molecule has 0 atom stereocenters. The van der Waals surface area contributed by atoms with Crippen LogP contribution in [0.4, 0.5) is 5.69 Å². The maximum absolute atomic E-state index is 13.7. The van der Waals surface area contributed by atoms with Crippen molar-refractivity contribution in [1.29, 1.82) is 0 Å². The largest absolute Gasteiger partial charge is 0.481 e. The van der Waals surface area contributed by atoms with Crippen molar-refractivity contribution in [3.05, 3.63) is 60.8 Å². The van der Waals surface area contributed by atoms with Gasteiger partial charge in [-0.05, 0) is 24.4 Å². The number of amides is 1. The molecule has 0 N–H and O–H groups in total. The summed E-state index contributed by atoms with van der Waals surface area (Å²) in [4.78, 5) is 17.1. The Kier molecular flexibility index (Phi) is 6.33. The minimum Gasteiger partial charge on any atom is -0.481 e. The van der Waals surface area contributed by atoms with Gasteiger partial charge in [0.1, 0.15) is 0 Å². The van der Waals surface area contributed by atoms with E-state index in [4.69, 9.17) is 4.74 Å². The van der Waals surface area contributed by atoms with Crippen molar-refractivity contribution in [3.8, 4) is 5.88 Å². The Morgan fingerprint density at radius 2 is 1.79 bits per heavy atom. The average Bonchev–Trinajstić information content (AvgIpc) is 2.76. The molecule has 29 heavy (non-hydrogen) atoms. The number of ether oxygens (including phenoxy) is 1. The quantitative estimate of drug-likeness (QED) is 0.504. The first-order valence-electron chi connectivity index (χ1n) is 9.21. The second kappa shape index (κ2) is 8.91. The molecule has 0 aliphatic carbocycles. The van der Waals surface area contributed by atoms with Crippen molar-refractivity contribution in [2.75, 3.05) is 31.0 Å². The molecule has 3 rings (SSSR count). The van der Waals surface area contributed by atoms with E-state index in [1.54, 1.807) is 30.3 Å². The molecule has 0 fully saturated rings. The molecule has 0 unspecified atom stereocenters. The standard InChI is InChI=1S/C21H23N3O4S/c1-3-23(16-25)13-14-24(18-11-12-21(28-2)22-15-18)29(26,27)20-10-6-8-17-7-4-5-9-19(17)20/h4-12,15-16H,3,13-14H2,1-2H3. The number of sulfonamides is 1. The van der Waals surface area contributed by atoms with Crippen molar-refractivity contribution < 1.29 is 17.9 Å². The summed E-state index contributed by atoms with van der Waals surface area (Å²) in [7, 11) is -2.41. The summed E-state index contributed by atoms with van der Waals surface area (Å²) in [5, 5.41) is 1.48. The van der Waals surface area contributed by atoms with Crippen LogP contribution in [0, 0.1) is 0 Å². The van der Waals surface area contributed by atoms with Gasteiger partial charge >= 0.3 is 0 Å². The molecule has 0 radical (unpaired) electrons. The van der Waals surface area contributed by atoms with Gasteiger partial charge in [0.05, 0.1) is 30.4 Å². The second-order valence-electron chi connectivity index (χ2n) is 6.35. The summed E-state index contributed by atoms with van der Waals surface area (Å²) >= 11 is 0. The van der Waals surface area contributed by atoms with E-state index >= 15 is 0 Å². The van der Waals surface area contributed by atoms with Crippen molar-refractivity contribution in [2.45, 2.75) is 11.8 Å². The van der Waals surface area contributed by atoms with Crippen LogP contribution in [-0.4, -0.2) is 51.5 Å². The van der Waals surface area contributed by atoms with E-state index in [0.717, 1.165) is 11.8 Å². The summed E-state index contributed by atoms with van der Waals surface area (Å²) < 4.78 is 33.7. The summed E-state index contributed by atoms with van der Waals surface area (Å²) in [6.45, 7) is 2.70.